The number of aliphatic hydroxyl groups excluding tert-OH is 1. The average molecular weight is 354 g/mol. The lowest BCUT2D eigenvalue weighted by Crippen LogP contribution is -2.44. The van der Waals surface area contributed by atoms with Crippen LogP contribution < -0.4 is 5.32 Å². The van der Waals surface area contributed by atoms with Gasteiger partial charge in [-0.3, -0.25) is 5.32 Å². The van der Waals surface area contributed by atoms with Gasteiger partial charge in [0.15, 0.2) is 0 Å². The molecule has 0 amide bonds. The third-order valence-electron chi connectivity index (χ3n) is 4.68. The second-order valence-corrected chi connectivity index (χ2v) is 7.91. The average Bonchev–Trinajstić information content (AvgIpc) is 2.60. The molecule has 0 aliphatic rings. The molecule has 0 aliphatic heterocycles. The highest BCUT2D eigenvalue weighted by Crippen LogP contribution is 2.35. The molecule has 0 saturated carbocycles. The molecule has 2 unspecified atom stereocenters. The smallest absolute Gasteiger partial charge is 0.390 e. The van der Waals surface area contributed by atoms with E-state index < -0.39 is 13.3 Å². The molecule has 5 heteroatoms. The summed E-state index contributed by atoms with van der Waals surface area (Å²) < 4.78 is 11.5. The van der Waals surface area contributed by atoms with Crippen molar-refractivity contribution >= 4 is 8.03 Å². The molecule has 0 aromatic heterocycles. The van der Waals surface area contributed by atoms with Crippen molar-refractivity contribution in [2.24, 2.45) is 0 Å². The molecule has 136 valence electrons. The maximum absolute atomic E-state index is 11.5. The van der Waals surface area contributed by atoms with Crippen molar-refractivity contribution in [2.45, 2.75) is 77.0 Å². The summed E-state index contributed by atoms with van der Waals surface area (Å²) in [6, 6.07) is 8.38. The SMILES string of the molecule is CCCCCCCCc1ccc(CNC(CC)(CO)[P+](=O)O)cc1. The van der Waals surface area contributed by atoms with Crippen LogP contribution in [0.2, 0.25) is 0 Å². The van der Waals surface area contributed by atoms with Crippen molar-refractivity contribution in [3.63, 3.8) is 0 Å². The van der Waals surface area contributed by atoms with Crippen LogP contribution in [0.15, 0.2) is 24.3 Å². The minimum atomic E-state index is -2.48. The largest absolute Gasteiger partial charge is 0.530 e. The van der Waals surface area contributed by atoms with Crippen LogP contribution in [-0.4, -0.2) is 21.9 Å². The summed E-state index contributed by atoms with van der Waals surface area (Å²) in [6.07, 6.45) is 9.35. The quantitative estimate of drug-likeness (QED) is 0.360. The lowest BCUT2D eigenvalue weighted by molar-refractivity contribution is 0.203. The van der Waals surface area contributed by atoms with Gasteiger partial charge in [0.25, 0.3) is 5.28 Å². The van der Waals surface area contributed by atoms with Crippen LogP contribution >= 0.6 is 8.03 Å². The van der Waals surface area contributed by atoms with Crippen molar-refractivity contribution < 1.29 is 14.6 Å². The molecule has 0 saturated heterocycles. The second kappa shape index (κ2) is 11.7. The second-order valence-electron chi connectivity index (χ2n) is 6.50. The van der Waals surface area contributed by atoms with Crippen molar-refractivity contribution in [1.82, 2.24) is 5.32 Å². The van der Waals surface area contributed by atoms with E-state index >= 15 is 0 Å². The van der Waals surface area contributed by atoms with Crippen molar-refractivity contribution in [2.75, 3.05) is 6.61 Å². The maximum Gasteiger partial charge on any atom is 0.530 e. The molecular formula is C19H33NO3P+. The Hall–Kier alpha value is -0.800. The lowest BCUT2D eigenvalue weighted by Gasteiger charge is -2.19. The van der Waals surface area contributed by atoms with Gasteiger partial charge >= 0.3 is 8.03 Å². The minimum absolute atomic E-state index is 0.342. The van der Waals surface area contributed by atoms with Gasteiger partial charge in [0.05, 0.1) is 0 Å². The Kier molecular flexibility index (Phi) is 10.4. The van der Waals surface area contributed by atoms with Crippen LogP contribution in [0.5, 0.6) is 0 Å². The van der Waals surface area contributed by atoms with E-state index in [2.05, 4.69) is 36.5 Å². The molecule has 3 N–H and O–H groups in total. The first-order valence-electron chi connectivity index (χ1n) is 9.18. The van der Waals surface area contributed by atoms with Crippen molar-refractivity contribution in [1.29, 1.82) is 0 Å². The minimum Gasteiger partial charge on any atom is -0.390 e. The third-order valence-corrected chi connectivity index (χ3v) is 6.02. The van der Waals surface area contributed by atoms with E-state index in [-0.39, 0.29) is 6.61 Å². The summed E-state index contributed by atoms with van der Waals surface area (Å²) in [5.41, 5.74) is 2.40. The van der Waals surface area contributed by atoms with Crippen LogP contribution in [-0.2, 0) is 17.5 Å². The van der Waals surface area contributed by atoms with Gasteiger partial charge in [0, 0.05) is 13.0 Å². The Balaban J connectivity index is 2.40. The standard InChI is InChI=1S/C19H32NO3P/c1-3-5-6-7-8-9-10-17-11-13-18(14-12-17)15-20-19(4-2,16-21)24(22)23/h11-14,20-21H,3-10,15-16H2,1-2H3/p+1. The van der Waals surface area contributed by atoms with E-state index in [1.165, 1.54) is 44.1 Å². The Labute approximate surface area is 147 Å². The normalized spacial score (nSPS) is 14.4. The van der Waals surface area contributed by atoms with E-state index in [0.717, 1.165) is 12.0 Å². The van der Waals surface area contributed by atoms with E-state index in [1.54, 1.807) is 6.92 Å². The Morgan fingerprint density at radius 1 is 1.00 bits per heavy atom. The first kappa shape index (κ1) is 21.2. The van der Waals surface area contributed by atoms with E-state index in [4.69, 9.17) is 0 Å². The van der Waals surface area contributed by atoms with Crippen LogP contribution in [0, 0.1) is 0 Å². The van der Waals surface area contributed by atoms with Crippen molar-refractivity contribution in [3.05, 3.63) is 35.4 Å². The molecule has 0 bridgehead atoms. The molecule has 0 spiro atoms. The summed E-state index contributed by atoms with van der Waals surface area (Å²) in [5, 5.41) is 11.4. The third kappa shape index (κ3) is 6.98. The molecule has 24 heavy (non-hydrogen) atoms. The Morgan fingerprint density at radius 2 is 1.58 bits per heavy atom. The summed E-state index contributed by atoms with van der Waals surface area (Å²) >= 11 is 0. The molecule has 0 heterocycles. The predicted octanol–water partition coefficient (Wildman–Crippen LogP) is 4.51. The summed E-state index contributed by atoms with van der Waals surface area (Å²) in [5.74, 6) is 0. The zero-order chi connectivity index (χ0) is 17.8. The van der Waals surface area contributed by atoms with Gasteiger partial charge in [-0.05, 0) is 28.5 Å². The Morgan fingerprint density at radius 3 is 2.12 bits per heavy atom. The monoisotopic (exact) mass is 354 g/mol. The zero-order valence-electron chi connectivity index (χ0n) is 15.1. The topological polar surface area (TPSA) is 69.6 Å². The summed E-state index contributed by atoms with van der Waals surface area (Å²) in [7, 11) is -2.48. The number of aliphatic hydroxyl groups is 1. The fourth-order valence-electron chi connectivity index (χ4n) is 2.76. The van der Waals surface area contributed by atoms with Crippen LogP contribution in [0.3, 0.4) is 0 Å². The highest BCUT2D eigenvalue weighted by molar-refractivity contribution is 7.40. The maximum atomic E-state index is 11.5. The van der Waals surface area contributed by atoms with E-state index in [9.17, 15) is 14.6 Å². The number of hydrogen-bond acceptors (Lipinski definition) is 3. The molecule has 4 nitrogen and oxygen atoms in total. The van der Waals surface area contributed by atoms with Crippen LogP contribution in [0.25, 0.3) is 0 Å². The van der Waals surface area contributed by atoms with Crippen LogP contribution in [0.1, 0.15) is 69.9 Å². The molecule has 1 aromatic carbocycles. The number of unbranched alkanes of at least 4 members (excludes halogenated alkanes) is 5. The van der Waals surface area contributed by atoms with Crippen molar-refractivity contribution in [3.8, 4) is 0 Å². The molecule has 1 aromatic rings. The van der Waals surface area contributed by atoms with Crippen LogP contribution in [0.4, 0.5) is 0 Å². The van der Waals surface area contributed by atoms with Gasteiger partial charge in [-0.2, -0.15) is 4.89 Å². The fraction of sp³-hybridized carbons (Fsp3) is 0.684. The number of benzene rings is 1. The summed E-state index contributed by atoms with van der Waals surface area (Å²) in [4.78, 5) is 9.45. The molecule has 0 radical (unpaired) electrons. The predicted molar refractivity (Wildman–Crippen MR) is 100 cm³/mol. The van der Waals surface area contributed by atoms with Gasteiger partial charge in [-0.1, -0.05) is 70.2 Å². The number of aryl methyl sites for hydroxylation is 1. The summed E-state index contributed by atoms with van der Waals surface area (Å²) in [6.45, 7) is 4.18. The van der Waals surface area contributed by atoms with Gasteiger partial charge in [0.2, 0.25) is 0 Å². The molecular weight excluding hydrogens is 321 g/mol. The first-order valence-corrected chi connectivity index (χ1v) is 10.4. The van der Waals surface area contributed by atoms with Gasteiger partial charge in [0.1, 0.15) is 6.61 Å². The number of hydrogen-bond donors (Lipinski definition) is 3. The highest BCUT2D eigenvalue weighted by atomic mass is 31.1. The van der Waals surface area contributed by atoms with Gasteiger partial charge in [-0.25, -0.2) is 0 Å². The number of nitrogens with one attached hydrogen (secondary N) is 1. The zero-order valence-corrected chi connectivity index (χ0v) is 16.0. The van der Waals surface area contributed by atoms with E-state index in [1.807, 2.05) is 0 Å². The molecule has 2 atom stereocenters. The number of rotatable bonds is 13. The fourth-order valence-corrected chi connectivity index (χ4v) is 3.36. The Bertz CT molecular complexity index is 472. The first-order chi connectivity index (χ1) is 11.6. The lowest BCUT2D eigenvalue weighted by atomic mass is 10.0. The molecule has 0 aliphatic carbocycles. The highest BCUT2D eigenvalue weighted by Gasteiger charge is 2.46. The van der Waals surface area contributed by atoms with Gasteiger partial charge in [-0.15, -0.1) is 0 Å². The molecule has 1 rings (SSSR count). The van der Waals surface area contributed by atoms with E-state index in [0.29, 0.717) is 13.0 Å². The van der Waals surface area contributed by atoms with Gasteiger partial charge < -0.3 is 5.11 Å². The molecule has 0 fully saturated rings.